The van der Waals surface area contributed by atoms with Gasteiger partial charge < -0.3 is 0 Å². The molecular formula is C42H32. The second-order valence-corrected chi connectivity index (χ2v) is 12.3. The van der Waals surface area contributed by atoms with Gasteiger partial charge in [-0.05, 0) is 79.6 Å². The molecule has 0 aromatic heterocycles. The maximum Gasteiger partial charge on any atom is 0.0725 e. The van der Waals surface area contributed by atoms with Crippen molar-refractivity contribution in [1.29, 1.82) is 0 Å². The van der Waals surface area contributed by atoms with Crippen LogP contribution in [-0.2, 0) is 10.8 Å². The van der Waals surface area contributed by atoms with Gasteiger partial charge in [0.05, 0.1) is 5.41 Å². The Labute approximate surface area is 248 Å². The monoisotopic (exact) mass is 536 g/mol. The molecule has 6 aromatic rings. The van der Waals surface area contributed by atoms with E-state index in [0.717, 1.165) is 0 Å². The average molecular weight is 537 g/mol. The standard InChI is InChI=1S/C25H16.C17H16/c1-5-13-21-17(9-1)18-10-2-6-14-22(18)25(21)23-15-7-3-11-19(23)20-12-4-8-16-24(20)25;1-3-9-15-13(7-1)14-8-2-4-10-16(14)17(15)11-5-6-12-17/h1-16H;1-4,7-10H,5-6,11-12H2. The van der Waals surface area contributed by atoms with E-state index in [2.05, 4.69) is 146 Å². The Bertz CT molecular complexity index is 1770. The van der Waals surface area contributed by atoms with Gasteiger partial charge in [0.2, 0.25) is 0 Å². The predicted molar refractivity (Wildman–Crippen MR) is 174 cm³/mol. The Morgan fingerprint density at radius 3 is 0.833 bits per heavy atom. The van der Waals surface area contributed by atoms with E-state index in [4.69, 9.17) is 0 Å². The van der Waals surface area contributed by atoms with Crippen LogP contribution in [0.4, 0.5) is 0 Å². The molecule has 0 nitrogen and oxygen atoms in total. The van der Waals surface area contributed by atoms with Crippen molar-refractivity contribution in [1.82, 2.24) is 0 Å². The van der Waals surface area contributed by atoms with E-state index in [9.17, 15) is 0 Å². The third-order valence-electron chi connectivity index (χ3n) is 10.5. The SMILES string of the molecule is c1ccc2c(c1)-c1ccccc1C21CCCC1.c1ccc2c(c1)-c1ccccc1C21c2ccccc2-c2ccccc21. The minimum Gasteiger partial charge on any atom is -0.0619 e. The number of rotatable bonds is 0. The van der Waals surface area contributed by atoms with E-state index in [-0.39, 0.29) is 5.41 Å². The zero-order valence-corrected chi connectivity index (χ0v) is 23.7. The first-order valence-electron chi connectivity index (χ1n) is 15.4. The lowest BCUT2D eigenvalue weighted by atomic mass is 9.70. The maximum atomic E-state index is 2.35. The van der Waals surface area contributed by atoms with E-state index >= 15 is 0 Å². The molecule has 0 heteroatoms. The fourth-order valence-electron chi connectivity index (χ4n) is 8.98. The molecule has 0 N–H and O–H groups in total. The van der Waals surface area contributed by atoms with Crippen LogP contribution in [0, 0.1) is 0 Å². The number of hydrogen-bond acceptors (Lipinski definition) is 0. The lowest BCUT2D eigenvalue weighted by Crippen LogP contribution is -2.25. The number of fused-ring (bicyclic) bond motifs is 15. The Balaban J connectivity index is 0.000000128. The van der Waals surface area contributed by atoms with E-state index < -0.39 is 0 Å². The normalized spacial score (nSPS) is 16.6. The van der Waals surface area contributed by atoms with Crippen LogP contribution >= 0.6 is 0 Å². The van der Waals surface area contributed by atoms with Crippen LogP contribution in [0.15, 0.2) is 146 Å². The van der Waals surface area contributed by atoms with Crippen molar-refractivity contribution >= 4 is 0 Å². The lowest BCUT2D eigenvalue weighted by Gasteiger charge is -2.30. The first-order valence-corrected chi connectivity index (χ1v) is 15.4. The summed E-state index contributed by atoms with van der Waals surface area (Å²) in [7, 11) is 0. The average Bonchev–Trinajstić information content (AvgIpc) is 3.82. The fourth-order valence-corrected chi connectivity index (χ4v) is 8.98. The topological polar surface area (TPSA) is 0 Å². The summed E-state index contributed by atoms with van der Waals surface area (Å²) in [4.78, 5) is 0. The molecule has 1 fully saturated rings. The summed E-state index contributed by atoms with van der Waals surface area (Å²) in [5.41, 5.74) is 17.4. The van der Waals surface area contributed by atoms with Gasteiger partial charge >= 0.3 is 0 Å². The molecule has 4 aliphatic carbocycles. The molecule has 4 aliphatic rings. The van der Waals surface area contributed by atoms with Crippen molar-refractivity contribution in [2.24, 2.45) is 0 Å². The Morgan fingerprint density at radius 1 is 0.286 bits per heavy atom. The van der Waals surface area contributed by atoms with Crippen molar-refractivity contribution in [2.75, 3.05) is 0 Å². The van der Waals surface area contributed by atoms with Crippen molar-refractivity contribution in [3.05, 3.63) is 179 Å². The van der Waals surface area contributed by atoms with Crippen LogP contribution in [0.25, 0.3) is 33.4 Å². The van der Waals surface area contributed by atoms with Crippen molar-refractivity contribution < 1.29 is 0 Å². The highest BCUT2D eigenvalue weighted by atomic mass is 14.5. The van der Waals surface area contributed by atoms with Gasteiger partial charge in [0.1, 0.15) is 0 Å². The second kappa shape index (κ2) is 8.91. The van der Waals surface area contributed by atoms with Gasteiger partial charge in [0, 0.05) is 5.41 Å². The highest BCUT2D eigenvalue weighted by Crippen LogP contribution is 2.62. The molecule has 200 valence electrons. The van der Waals surface area contributed by atoms with Crippen LogP contribution in [0.1, 0.15) is 59.1 Å². The molecule has 42 heavy (non-hydrogen) atoms. The van der Waals surface area contributed by atoms with Crippen LogP contribution in [0.2, 0.25) is 0 Å². The molecule has 0 atom stereocenters. The lowest BCUT2D eigenvalue weighted by molar-refractivity contribution is 0.550. The van der Waals surface area contributed by atoms with Gasteiger partial charge in [-0.3, -0.25) is 0 Å². The van der Waals surface area contributed by atoms with E-state index in [1.807, 2.05) is 0 Å². The Kier molecular flexibility index (Phi) is 5.08. The van der Waals surface area contributed by atoms with Gasteiger partial charge in [-0.15, -0.1) is 0 Å². The fraction of sp³-hybridized carbons (Fsp3) is 0.143. The van der Waals surface area contributed by atoms with Crippen molar-refractivity contribution in [3.63, 3.8) is 0 Å². The van der Waals surface area contributed by atoms with Crippen LogP contribution in [0.5, 0.6) is 0 Å². The second-order valence-electron chi connectivity index (χ2n) is 12.3. The maximum absolute atomic E-state index is 2.35. The highest BCUT2D eigenvalue weighted by Gasteiger charge is 2.51. The molecule has 0 saturated heterocycles. The molecule has 10 rings (SSSR count). The van der Waals surface area contributed by atoms with E-state index in [1.165, 1.54) is 81.3 Å². The largest absolute Gasteiger partial charge is 0.0725 e. The smallest absolute Gasteiger partial charge is 0.0619 e. The summed E-state index contributed by atoms with van der Waals surface area (Å²) in [6.07, 6.45) is 5.42. The number of benzene rings is 6. The molecule has 2 spiro atoms. The summed E-state index contributed by atoms with van der Waals surface area (Å²) < 4.78 is 0. The van der Waals surface area contributed by atoms with Gasteiger partial charge in [-0.1, -0.05) is 158 Å². The summed E-state index contributed by atoms with van der Waals surface area (Å²) in [5, 5.41) is 0. The summed E-state index contributed by atoms with van der Waals surface area (Å²) >= 11 is 0. The van der Waals surface area contributed by atoms with Crippen molar-refractivity contribution in [2.45, 2.75) is 36.5 Å². The molecule has 0 radical (unpaired) electrons. The molecule has 6 aromatic carbocycles. The molecular weight excluding hydrogens is 504 g/mol. The molecule has 0 aliphatic heterocycles. The molecule has 0 unspecified atom stereocenters. The van der Waals surface area contributed by atoms with Crippen molar-refractivity contribution in [3.8, 4) is 33.4 Å². The third kappa shape index (κ3) is 2.97. The molecule has 0 amide bonds. The summed E-state index contributed by atoms with van der Waals surface area (Å²) in [6.45, 7) is 0. The van der Waals surface area contributed by atoms with Crippen LogP contribution in [-0.4, -0.2) is 0 Å². The highest BCUT2D eigenvalue weighted by molar-refractivity contribution is 5.94. The Morgan fingerprint density at radius 2 is 0.524 bits per heavy atom. The zero-order chi connectivity index (χ0) is 27.7. The predicted octanol–water partition coefficient (Wildman–Crippen LogP) is 10.6. The first-order chi connectivity index (χ1) is 20.8. The first kappa shape index (κ1) is 24.0. The van der Waals surface area contributed by atoms with Crippen LogP contribution in [0.3, 0.4) is 0 Å². The number of hydrogen-bond donors (Lipinski definition) is 0. The quantitative estimate of drug-likeness (QED) is 0.181. The molecule has 0 heterocycles. The van der Waals surface area contributed by atoms with Gasteiger partial charge in [-0.2, -0.15) is 0 Å². The van der Waals surface area contributed by atoms with E-state index in [0.29, 0.717) is 5.41 Å². The minimum absolute atomic E-state index is 0.180. The van der Waals surface area contributed by atoms with Crippen LogP contribution < -0.4 is 0 Å². The Hall–Kier alpha value is -4.68. The zero-order valence-electron chi connectivity index (χ0n) is 23.7. The molecule has 1 saturated carbocycles. The summed E-state index contributed by atoms with van der Waals surface area (Å²) in [5.74, 6) is 0. The minimum atomic E-state index is -0.180. The molecule has 0 bridgehead atoms. The van der Waals surface area contributed by atoms with Gasteiger partial charge in [0.15, 0.2) is 0 Å². The van der Waals surface area contributed by atoms with E-state index in [1.54, 1.807) is 11.1 Å². The van der Waals surface area contributed by atoms with Gasteiger partial charge in [0.25, 0.3) is 0 Å². The summed E-state index contributed by atoms with van der Waals surface area (Å²) in [6, 6.07) is 53.7. The third-order valence-corrected chi connectivity index (χ3v) is 10.5. The van der Waals surface area contributed by atoms with Gasteiger partial charge in [-0.25, -0.2) is 0 Å².